The largest absolute Gasteiger partial charge is 0.309 e. The Hall–Kier alpha value is -9.39. The van der Waals surface area contributed by atoms with Gasteiger partial charge in [0.15, 0.2) is 11.6 Å². The number of fused-ring (bicyclic) bond motifs is 9. The third-order valence-electron chi connectivity index (χ3n) is 13.7. The molecule has 0 radical (unpaired) electrons. The summed E-state index contributed by atoms with van der Waals surface area (Å²) in [5.41, 5.74) is 15.0. The molecule has 322 valence electrons. The van der Waals surface area contributed by atoms with Gasteiger partial charge in [-0.2, -0.15) is 9.97 Å². The van der Waals surface area contributed by atoms with E-state index in [1.165, 1.54) is 32.6 Å². The molecule has 6 nitrogen and oxygen atoms in total. The molecular weight excluding hydrogens is 841 g/mol. The lowest BCUT2D eigenvalue weighted by atomic mass is 9.99. The molecule has 0 aliphatic carbocycles. The van der Waals surface area contributed by atoms with Crippen LogP contribution in [0.1, 0.15) is 0 Å². The van der Waals surface area contributed by atoms with Gasteiger partial charge in [0.1, 0.15) is 0 Å². The van der Waals surface area contributed by atoms with Crippen LogP contribution in [0.2, 0.25) is 0 Å². The van der Waals surface area contributed by atoms with E-state index >= 15 is 0 Å². The number of nitrogens with zero attached hydrogens (tertiary/aromatic N) is 6. The molecule has 0 N–H and O–H groups in total. The summed E-state index contributed by atoms with van der Waals surface area (Å²) in [7, 11) is 0. The highest BCUT2D eigenvalue weighted by Crippen LogP contribution is 2.41. The smallest absolute Gasteiger partial charge is 0.238 e. The summed E-state index contributed by atoms with van der Waals surface area (Å²) in [6.07, 6.45) is 0. The van der Waals surface area contributed by atoms with Crippen LogP contribution in [-0.4, -0.2) is 28.7 Å². The number of rotatable bonds is 7. The van der Waals surface area contributed by atoms with Crippen molar-refractivity contribution in [3.8, 4) is 62.4 Å². The Morgan fingerprint density at radius 1 is 0.261 bits per heavy atom. The Morgan fingerprint density at radius 3 is 1.30 bits per heavy atom. The molecule has 0 saturated heterocycles. The van der Waals surface area contributed by atoms with Gasteiger partial charge in [0.25, 0.3) is 0 Å². The fourth-order valence-corrected chi connectivity index (χ4v) is 10.7. The highest BCUT2D eigenvalue weighted by atomic mass is 15.2. The van der Waals surface area contributed by atoms with Gasteiger partial charge in [-0.25, -0.2) is 4.98 Å². The first-order valence-electron chi connectivity index (χ1n) is 23.4. The van der Waals surface area contributed by atoms with E-state index < -0.39 is 0 Å². The first kappa shape index (κ1) is 38.8. The minimum absolute atomic E-state index is 0.551. The van der Waals surface area contributed by atoms with E-state index in [1.54, 1.807) is 0 Å². The fraction of sp³-hybridized carbons (Fsp3) is 0. The predicted octanol–water partition coefficient (Wildman–Crippen LogP) is 15.8. The van der Waals surface area contributed by atoms with Gasteiger partial charge in [0.05, 0.1) is 38.8 Å². The van der Waals surface area contributed by atoms with E-state index in [4.69, 9.17) is 15.0 Å². The van der Waals surface area contributed by atoms with Crippen molar-refractivity contribution in [3.05, 3.63) is 243 Å². The summed E-state index contributed by atoms with van der Waals surface area (Å²) < 4.78 is 7.03. The highest BCUT2D eigenvalue weighted by Gasteiger charge is 2.23. The average Bonchev–Trinajstić information content (AvgIpc) is 4.07. The molecule has 0 amide bonds. The van der Waals surface area contributed by atoms with Gasteiger partial charge in [0.2, 0.25) is 5.95 Å². The lowest BCUT2D eigenvalue weighted by Gasteiger charge is -2.18. The Balaban J connectivity index is 1.04. The van der Waals surface area contributed by atoms with Crippen LogP contribution in [0, 0.1) is 0 Å². The SMILES string of the molecule is c1ccc(-c2nc(-c3ccc(-c4cccc(-n5c6ccccc6c6ccccc65)c4)c(-n4c5ccccc5c5ccccc54)c3)nc(-n3c4ccccc4c4cccc(-c5ccccc5)c43)n2)cc1. The molecule has 4 heterocycles. The zero-order valence-electron chi connectivity index (χ0n) is 37.3. The van der Waals surface area contributed by atoms with E-state index in [1.807, 2.05) is 18.2 Å². The molecule has 0 fully saturated rings. The summed E-state index contributed by atoms with van der Waals surface area (Å²) in [6.45, 7) is 0. The van der Waals surface area contributed by atoms with E-state index in [9.17, 15) is 0 Å². The van der Waals surface area contributed by atoms with Crippen LogP contribution in [0.15, 0.2) is 243 Å². The van der Waals surface area contributed by atoms with Gasteiger partial charge in [0, 0.05) is 60.3 Å². The molecule has 14 aromatic rings. The van der Waals surface area contributed by atoms with Crippen molar-refractivity contribution >= 4 is 65.4 Å². The Labute approximate surface area is 397 Å². The maximum absolute atomic E-state index is 5.49. The molecule has 4 aromatic heterocycles. The molecular formula is C63H40N6. The van der Waals surface area contributed by atoms with Gasteiger partial charge in [-0.3, -0.25) is 4.57 Å². The third-order valence-corrected chi connectivity index (χ3v) is 13.7. The van der Waals surface area contributed by atoms with Crippen LogP contribution in [0.25, 0.3) is 128 Å². The van der Waals surface area contributed by atoms with E-state index in [0.717, 1.165) is 77.6 Å². The Bertz CT molecular complexity index is 4210. The van der Waals surface area contributed by atoms with Crippen LogP contribution in [0.3, 0.4) is 0 Å². The molecule has 0 atom stereocenters. The normalized spacial score (nSPS) is 11.8. The summed E-state index contributed by atoms with van der Waals surface area (Å²) in [5.74, 6) is 1.73. The van der Waals surface area contributed by atoms with Gasteiger partial charge < -0.3 is 9.13 Å². The molecule has 10 aromatic carbocycles. The van der Waals surface area contributed by atoms with Crippen molar-refractivity contribution in [1.82, 2.24) is 28.7 Å². The minimum Gasteiger partial charge on any atom is -0.309 e. The molecule has 0 aliphatic heterocycles. The van der Waals surface area contributed by atoms with Crippen LogP contribution in [-0.2, 0) is 0 Å². The van der Waals surface area contributed by atoms with Crippen molar-refractivity contribution < 1.29 is 0 Å². The number of benzene rings is 10. The first-order valence-corrected chi connectivity index (χ1v) is 23.4. The van der Waals surface area contributed by atoms with Gasteiger partial charge >= 0.3 is 0 Å². The highest BCUT2D eigenvalue weighted by molar-refractivity contribution is 6.14. The Morgan fingerprint density at radius 2 is 0.710 bits per heavy atom. The van der Waals surface area contributed by atoms with E-state index in [2.05, 4.69) is 238 Å². The molecule has 69 heavy (non-hydrogen) atoms. The van der Waals surface area contributed by atoms with Crippen LogP contribution >= 0.6 is 0 Å². The quantitative estimate of drug-likeness (QED) is 0.160. The molecule has 0 aliphatic rings. The maximum atomic E-state index is 5.49. The summed E-state index contributed by atoms with van der Waals surface area (Å²) in [5, 5.41) is 7.12. The second-order valence-electron chi connectivity index (χ2n) is 17.6. The molecule has 0 unspecified atom stereocenters. The maximum Gasteiger partial charge on any atom is 0.238 e. The Kier molecular flexibility index (Phi) is 8.79. The van der Waals surface area contributed by atoms with E-state index in [0.29, 0.717) is 17.6 Å². The predicted molar refractivity (Wildman–Crippen MR) is 285 cm³/mol. The standard InChI is InChI=1S/C63H40N6/c1-3-19-41(20-4-1)47-30-18-31-53-52-29-11-16-36-58(52)69(60(47)53)63-65-61(42-21-5-2-6-22-42)64-62(66-63)44-37-38-46(59(40-44)68-56-34-14-9-27-50(56)51-28-10-15-35-57(51)68)43-23-17-24-45(39-43)67-54-32-12-7-25-48(54)49-26-8-13-33-55(49)67/h1-40H. The van der Waals surface area contributed by atoms with Crippen molar-refractivity contribution in [2.75, 3.05) is 0 Å². The lowest BCUT2D eigenvalue weighted by molar-refractivity contribution is 0.953. The van der Waals surface area contributed by atoms with Crippen molar-refractivity contribution in [1.29, 1.82) is 0 Å². The summed E-state index contributed by atoms with van der Waals surface area (Å²) in [6, 6.07) is 86.3. The number of hydrogen-bond donors (Lipinski definition) is 0. The lowest BCUT2D eigenvalue weighted by Crippen LogP contribution is -2.07. The molecule has 0 saturated carbocycles. The van der Waals surface area contributed by atoms with Gasteiger partial charge in [-0.05, 0) is 59.7 Å². The number of aromatic nitrogens is 6. The molecule has 0 bridgehead atoms. The topological polar surface area (TPSA) is 53.5 Å². The summed E-state index contributed by atoms with van der Waals surface area (Å²) >= 11 is 0. The van der Waals surface area contributed by atoms with E-state index in [-0.39, 0.29) is 0 Å². The zero-order chi connectivity index (χ0) is 45.4. The van der Waals surface area contributed by atoms with Gasteiger partial charge in [-0.15, -0.1) is 0 Å². The van der Waals surface area contributed by atoms with Crippen LogP contribution in [0.4, 0.5) is 0 Å². The summed E-state index contributed by atoms with van der Waals surface area (Å²) in [4.78, 5) is 16.2. The zero-order valence-corrected chi connectivity index (χ0v) is 37.3. The van der Waals surface area contributed by atoms with Gasteiger partial charge in [-0.1, -0.05) is 194 Å². The van der Waals surface area contributed by atoms with Crippen LogP contribution in [0.5, 0.6) is 0 Å². The van der Waals surface area contributed by atoms with Crippen molar-refractivity contribution in [2.24, 2.45) is 0 Å². The van der Waals surface area contributed by atoms with Crippen molar-refractivity contribution in [3.63, 3.8) is 0 Å². The third kappa shape index (κ3) is 6.16. The number of para-hydroxylation sites is 6. The van der Waals surface area contributed by atoms with Crippen LogP contribution < -0.4 is 0 Å². The second-order valence-corrected chi connectivity index (χ2v) is 17.6. The van der Waals surface area contributed by atoms with Crippen molar-refractivity contribution in [2.45, 2.75) is 0 Å². The average molecular weight is 881 g/mol. The first-order chi connectivity index (χ1) is 34.2. The minimum atomic E-state index is 0.551. The second kappa shape index (κ2) is 15.6. The number of hydrogen-bond acceptors (Lipinski definition) is 3. The molecule has 14 rings (SSSR count). The monoisotopic (exact) mass is 880 g/mol. The molecule has 6 heteroatoms. The fourth-order valence-electron chi connectivity index (χ4n) is 10.7. The molecule has 0 spiro atoms.